The summed E-state index contributed by atoms with van der Waals surface area (Å²) in [6.07, 6.45) is 5.30. The number of rotatable bonds is 0. The summed E-state index contributed by atoms with van der Waals surface area (Å²) >= 11 is 0. The summed E-state index contributed by atoms with van der Waals surface area (Å²) in [4.78, 5) is 2.47. The van der Waals surface area contributed by atoms with Gasteiger partial charge in [-0.1, -0.05) is 0 Å². The Balaban J connectivity index is 1.94. The summed E-state index contributed by atoms with van der Waals surface area (Å²) < 4.78 is 0. The minimum absolute atomic E-state index is 0.509. The van der Waals surface area contributed by atoms with Gasteiger partial charge in [-0.25, -0.2) is 0 Å². The maximum absolute atomic E-state index is 5.96. The van der Waals surface area contributed by atoms with Crippen LogP contribution < -0.4 is 5.73 Å². The molecule has 2 heteroatoms. The van der Waals surface area contributed by atoms with Crippen LogP contribution in [0, 0.1) is 11.8 Å². The van der Waals surface area contributed by atoms with Gasteiger partial charge in [-0.15, -0.1) is 0 Å². The van der Waals surface area contributed by atoms with E-state index in [1.54, 1.807) is 0 Å². The smallest absolute Gasteiger partial charge is 0.00416 e. The van der Waals surface area contributed by atoms with Crippen molar-refractivity contribution in [2.24, 2.45) is 17.6 Å². The Morgan fingerprint density at radius 2 is 2.00 bits per heavy atom. The molecule has 0 amide bonds. The molecular formula is C10H20N2. The van der Waals surface area contributed by atoms with Crippen LogP contribution in [0.25, 0.3) is 0 Å². The van der Waals surface area contributed by atoms with Gasteiger partial charge in [0.2, 0.25) is 0 Å². The van der Waals surface area contributed by atoms with Crippen LogP contribution in [0.4, 0.5) is 0 Å². The summed E-state index contributed by atoms with van der Waals surface area (Å²) in [6, 6.07) is 0.509. The van der Waals surface area contributed by atoms with Crippen LogP contribution in [-0.4, -0.2) is 31.1 Å². The molecule has 12 heavy (non-hydrogen) atoms. The van der Waals surface area contributed by atoms with Crippen LogP contribution in [0.1, 0.15) is 25.7 Å². The van der Waals surface area contributed by atoms with Crippen molar-refractivity contribution in [1.82, 2.24) is 4.90 Å². The highest BCUT2D eigenvalue weighted by Crippen LogP contribution is 2.34. The lowest BCUT2D eigenvalue weighted by Gasteiger charge is -2.41. The normalized spacial score (nSPS) is 44.0. The first-order valence-corrected chi connectivity index (χ1v) is 5.20. The molecule has 0 aromatic carbocycles. The van der Waals surface area contributed by atoms with Gasteiger partial charge in [0.25, 0.3) is 0 Å². The molecule has 1 saturated heterocycles. The average Bonchev–Trinajstić information content (AvgIpc) is 2.05. The second kappa shape index (κ2) is 3.35. The summed E-state index contributed by atoms with van der Waals surface area (Å²) in [5, 5.41) is 0. The third-order valence-electron chi connectivity index (χ3n) is 3.61. The third kappa shape index (κ3) is 1.64. The number of nitrogens with zero attached hydrogens (tertiary/aromatic N) is 1. The first-order chi connectivity index (χ1) is 5.75. The minimum Gasteiger partial charge on any atom is -0.328 e. The molecule has 0 aromatic rings. The zero-order valence-electron chi connectivity index (χ0n) is 8.00. The lowest BCUT2D eigenvalue weighted by molar-refractivity contribution is 0.0968. The van der Waals surface area contributed by atoms with Gasteiger partial charge in [0.05, 0.1) is 0 Å². The molecule has 1 heterocycles. The SMILES string of the molecule is CN1CC[C@H]2C[C@@H](N)CC[C@@H]2C1. The van der Waals surface area contributed by atoms with Crippen molar-refractivity contribution in [2.45, 2.75) is 31.7 Å². The third-order valence-corrected chi connectivity index (χ3v) is 3.61. The van der Waals surface area contributed by atoms with E-state index in [4.69, 9.17) is 5.73 Å². The van der Waals surface area contributed by atoms with Crippen LogP contribution in [0.3, 0.4) is 0 Å². The summed E-state index contributed by atoms with van der Waals surface area (Å²) in [5.74, 6) is 1.91. The van der Waals surface area contributed by atoms with Crippen LogP contribution in [0.5, 0.6) is 0 Å². The van der Waals surface area contributed by atoms with Crippen LogP contribution >= 0.6 is 0 Å². The van der Waals surface area contributed by atoms with E-state index in [-0.39, 0.29) is 0 Å². The maximum atomic E-state index is 5.96. The van der Waals surface area contributed by atoms with Gasteiger partial charge in [0.15, 0.2) is 0 Å². The number of hydrogen-bond donors (Lipinski definition) is 1. The van der Waals surface area contributed by atoms with E-state index in [0.717, 1.165) is 11.8 Å². The molecule has 2 fully saturated rings. The van der Waals surface area contributed by atoms with E-state index < -0.39 is 0 Å². The Kier molecular flexibility index (Phi) is 2.37. The highest BCUT2D eigenvalue weighted by atomic mass is 15.1. The fourth-order valence-corrected chi connectivity index (χ4v) is 2.83. The molecule has 1 aliphatic heterocycles. The molecule has 0 bridgehead atoms. The lowest BCUT2D eigenvalue weighted by Crippen LogP contribution is -2.43. The van der Waals surface area contributed by atoms with Crippen molar-refractivity contribution in [1.29, 1.82) is 0 Å². The Labute approximate surface area is 75.1 Å². The van der Waals surface area contributed by atoms with Gasteiger partial charge in [-0.3, -0.25) is 0 Å². The van der Waals surface area contributed by atoms with Crippen molar-refractivity contribution in [3.63, 3.8) is 0 Å². The first kappa shape index (κ1) is 8.52. The van der Waals surface area contributed by atoms with Crippen molar-refractivity contribution in [3.8, 4) is 0 Å². The molecule has 0 spiro atoms. The Morgan fingerprint density at radius 3 is 2.83 bits per heavy atom. The molecule has 3 atom stereocenters. The summed E-state index contributed by atoms with van der Waals surface area (Å²) in [5.41, 5.74) is 5.96. The van der Waals surface area contributed by atoms with E-state index >= 15 is 0 Å². The number of fused-ring (bicyclic) bond motifs is 1. The predicted molar refractivity (Wildman–Crippen MR) is 50.9 cm³/mol. The zero-order valence-corrected chi connectivity index (χ0v) is 8.00. The van der Waals surface area contributed by atoms with E-state index in [1.807, 2.05) is 0 Å². The maximum Gasteiger partial charge on any atom is 0.00416 e. The fourth-order valence-electron chi connectivity index (χ4n) is 2.83. The van der Waals surface area contributed by atoms with Crippen LogP contribution in [-0.2, 0) is 0 Å². The molecule has 1 aliphatic carbocycles. The molecule has 1 saturated carbocycles. The summed E-state index contributed by atoms with van der Waals surface area (Å²) in [7, 11) is 2.24. The predicted octanol–water partition coefficient (Wildman–Crippen LogP) is 1.07. The lowest BCUT2D eigenvalue weighted by atomic mass is 9.73. The monoisotopic (exact) mass is 168 g/mol. The van der Waals surface area contributed by atoms with Gasteiger partial charge < -0.3 is 10.6 Å². The van der Waals surface area contributed by atoms with Gasteiger partial charge in [-0.2, -0.15) is 0 Å². The highest BCUT2D eigenvalue weighted by molar-refractivity contribution is 4.86. The van der Waals surface area contributed by atoms with E-state index in [2.05, 4.69) is 11.9 Å². The number of likely N-dealkylation sites (tertiary alicyclic amines) is 1. The number of piperidine rings is 1. The molecule has 0 unspecified atom stereocenters. The molecule has 2 rings (SSSR count). The molecular weight excluding hydrogens is 148 g/mol. The fraction of sp³-hybridized carbons (Fsp3) is 1.00. The largest absolute Gasteiger partial charge is 0.328 e. The molecule has 2 N–H and O–H groups in total. The minimum atomic E-state index is 0.509. The molecule has 70 valence electrons. The van der Waals surface area contributed by atoms with Crippen molar-refractivity contribution >= 4 is 0 Å². The molecule has 0 radical (unpaired) electrons. The second-order valence-corrected chi connectivity index (χ2v) is 4.64. The van der Waals surface area contributed by atoms with Gasteiger partial charge in [0, 0.05) is 12.6 Å². The number of hydrogen-bond acceptors (Lipinski definition) is 2. The van der Waals surface area contributed by atoms with Gasteiger partial charge in [-0.05, 0) is 51.1 Å². The second-order valence-electron chi connectivity index (χ2n) is 4.64. The Hall–Kier alpha value is -0.0800. The first-order valence-electron chi connectivity index (χ1n) is 5.20. The topological polar surface area (TPSA) is 29.3 Å². The van der Waals surface area contributed by atoms with E-state index in [9.17, 15) is 0 Å². The van der Waals surface area contributed by atoms with Crippen LogP contribution in [0.15, 0.2) is 0 Å². The van der Waals surface area contributed by atoms with Crippen molar-refractivity contribution < 1.29 is 0 Å². The van der Waals surface area contributed by atoms with Gasteiger partial charge in [0.1, 0.15) is 0 Å². The quantitative estimate of drug-likeness (QED) is 0.586. The number of nitrogens with two attached hydrogens (primary N) is 1. The molecule has 2 nitrogen and oxygen atoms in total. The molecule has 2 aliphatic rings. The van der Waals surface area contributed by atoms with Crippen molar-refractivity contribution in [3.05, 3.63) is 0 Å². The highest BCUT2D eigenvalue weighted by Gasteiger charge is 2.32. The Morgan fingerprint density at radius 1 is 1.17 bits per heavy atom. The summed E-state index contributed by atoms with van der Waals surface area (Å²) in [6.45, 7) is 2.60. The Bertz CT molecular complexity index is 140. The van der Waals surface area contributed by atoms with E-state index in [0.29, 0.717) is 6.04 Å². The zero-order chi connectivity index (χ0) is 8.55. The van der Waals surface area contributed by atoms with E-state index in [1.165, 1.54) is 38.8 Å². The average molecular weight is 168 g/mol. The van der Waals surface area contributed by atoms with Crippen LogP contribution in [0.2, 0.25) is 0 Å². The molecule has 0 aromatic heterocycles. The standard InChI is InChI=1S/C10H20N2/c1-12-5-4-8-6-10(11)3-2-9(8)7-12/h8-10H,2-7,11H2,1H3/t8-,9+,10-/m0/s1. The van der Waals surface area contributed by atoms with Gasteiger partial charge >= 0.3 is 0 Å². The van der Waals surface area contributed by atoms with Crippen molar-refractivity contribution in [2.75, 3.05) is 20.1 Å².